The first-order valence-corrected chi connectivity index (χ1v) is 5.49. The first kappa shape index (κ1) is 14.5. The fraction of sp³-hybridized carbons (Fsp3) is 0.231. The van der Waals surface area contributed by atoms with E-state index in [1.807, 2.05) is 0 Å². The Balaban J connectivity index is 2.84. The molecule has 0 atom stereocenters. The molecule has 0 saturated carbocycles. The summed E-state index contributed by atoms with van der Waals surface area (Å²) < 4.78 is 4.77. The Morgan fingerprint density at radius 2 is 2.21 bits per heavy atom. The zero-order valence-corrected chi connectivity index (χ0v) is 10.4. The molecule has 0 aromatic heterocycles. The average molecular weight is 262 g/mol. The molecule has 1 aromatic carbocycles. The van der Waals surface area contributed by atoms with E-state index in [0.29, 0.717) is 18.7 Å². The number of nitrogens with one attached hydrogen (secondary N) is 1. The van der Waals surface area contributed by atoms with Crippen molar-refractivity contribution in [2.75, 3.05) is 20.3 Å². The van der Waals surface area contributed by atoms with E-state index in [-0.39, 0.29) is 17.1 Å². The van der Waals surface area contributed by atoms with Crippen molar-refractivity contribution >= 4 is 12.0 Å². The van der Waals surface area contributed by atoms with Crippen molar-refractivity contribution < 1.29 is 19.7 Å². The summed E-state index contributed by atoms with van der Waals surface area (Å²) in [6.45, 7) is 0.652. The van der Waals surface area contributed by atoms with Gasteiger partial charge < -0.3 is 20.3 Å². The van der Waals surface area contributed by atoms with Crippen LogP contribution in [0.3, 0.4) is 0 Å². The number of amides is 1. The first-order chi connectivity index (χ1) is 9.08. The fourth-order valence-corrected chi connectivity index (χ4v) is 1.31. The van der Waals surface area contributed by atoms with Crippen LogP contribution >= 0.6 is 0 Å². The maximum absolute atomic E-state index is 11.6. The Bertz CT molecular complexity index is 532. The quantitative estimate of drug-likeness (QED) is 0.315. The topological polar surface area (TPSA) is 103 Å². The lowest BCUT2D eigenvalue weighted by Crippen LogP contribution is -2.27. The summed E-state index contributed by atoms with van der Waals surface area (Å²) in [5.41, 5.74) is 0.343. The van der Waals surface area contributed by atoms with Gasteiger partial charge in [0.2, 0.25) is 0 Å². The second kappa shape index (κ2) is 7.03. The third-order valence-corrected chi connectivity index (χ3v) is 2.27. The van der Waals surface area contributed by atoms with Crippen LogP contribution in [0.1, 0.15) is 5.56 Å². The van der Waals surface area contributed by atoms with Crippen LogP contribution in [-0.2, 0) is 9.53 Å². The Morgan fingerprint density at radius 3 is 2.79 bits per heavy atom. The van der Waals surface area contributed by atoms with Crippen molar-refractivity contribution in [3.05, 3.63) is 29.3 Å². The minimum atomic E-state index is -0.521. The molecule has 0 radical (unpaired) electrons. The summed E-state index contributed by atoms with van der Waals surface area (Å²) in [6.07, 6.45) is 1.32. The minimum Gasteiger partial charge on any atom is -0.504 e. The fourth-order valence-electron chi connectivity index (χ4n) is 1.31. The maximum Gasteiger partial charge on any atom is 0.262 e. The molecule has 0 bridgehead atoms. The van der Waals surface area contributed by atoms with Gasteiger partial charge in [0.05, 0.1) is 6.61 Å². The van der Waals surface area contributed by atoms with Crippen LogP contribution in [0.4, 0.5) is 0 Å². The predicted octanol–water partition coefficient (Wildman–Crippen LogP) is 0.767. The van der Waals surface area contributed by atoms with Gasteiger partial charge in [-0.3, -0.25) is 4.79 Å². The van der Waals surface area contributed by atoms with Gasteiger partial charge in [-0.1, -0.05) is 6.07 Å². The standard InChI is InChI=1S/C13H14N2O4/c1-19-5-4-15-13(18)10(8-14)6-9-2-3-11(16)12(17)7-9/h2-3,6-7,16-17H,4-5H2,1H3,(H,15,18)/b10-6-. The van der Waals surface area contributed by atoms with Gasteiger partial charge in [-0.15, -0.1) is 0 Å². The number of rotatable bonds is 5. The molecule has 6 nitrogen and oxygen atoms in total. The molecule has 19 heavy (non-hydrogen) atoms. The Kier molecular flexibility index (Phi) is 5.38. The molecule has 1 amide bonds. The van der Waals surface area contributed by atoms with Gasteiger partial charge in [0.1, 0.15) is 11.6 Å². The van der Waals surface area contributed by atoms with E-state index in [2.05, 4.69) is 5.32 Å². The number of hydrogen-bond acceptors (Lipinski definition) is 5. The zero-order valence-electron chi connectivity index (χ0n) is 10.4. The highest BCUT2D eigenvalue weighted by Crippen LogP contribution is 2.25. The smallest absolute Gasteiger partial charge is 0.262 e. The number of carbonyl (C=O) groups excluding carboxylic acids is 1. The van der Waals surface area contributed by atoms with Gasteiger partial charge in [-0.25, -0.2) is 0 Å². The SMILES string of the molecule is COCCNC(=O)/C(C#N)=C\c1ccc(O)c(O)c1. The van der Waals surface area contributed by atoms with E-state index in [1.54, 1.807) is 6.07 Å². The average Bonchev–Trinajstić information content (AvgIpc) is 2.40. The van der Waals surface area contributed by atoms with E-state index < -0.39 is 5.91 Å². The number of benzene rings is 1. The Morgan fingerprint density at radius 1 is 1.47 bits per heavy atom. The highest BCUT2D eigenvalue weighted by Gasteiger charge is 2.08. The molecule has 100 valence electrons. The van der Waals surface area contributed by atoms with Crippen LogP contribution in [0.25, 0.3) is 6.08 Å². The molecular formula is C13H14N2O4. The predicted molar refractivity (Wildman–Crippen MR) is 68.2 cm³/mol. The molecule has 6 heteroatoms. The number of aromatic hydroxyl groups is 2. The van der Waals surface area contributed by atoms with Crippen molar-refractivity contribution in [1.29, 1.82) is 5.26 Å². The number of nitriles is 1. The molecule has 0 aliphatic carbocycles. The summed E-state index contributed by atoms with van der Waals surface area (Å²) in [6, 6.07) is 5.79. The molecule has 0 unspecified atom stereocenters. The molecular weight excluding hydrogens is 248 g/mol. The van der Waals surface area contributed by atoms with Gasteiger partial charge in [-0.2, -0.15) is 5.26 Å². The minimum absolute atomic E-state index is 0.0961. The van der Waals surface area contributed by atoms with Crippen molar-refractivity contribution in [2.24, 2.45) is 0 Å². The molecule has 1 rings (SSSR count). The van der Waals surface area contributed by atoms with Gasteiger partial charge in [0, 0.05) is 13.7 Å². The Hall–Kier alpha value is -2.52. The highest BCUT2D eigenvalue weighted by molar-refractivity contribution is 6.01. The normalized spacial score (nSPS) is 10.8. The summed E-state index contributed by atoms with van der Waals surface area (Å²) in [4.78, 5) is 11.6. The summed E-state index contributed by atoms with van der Waals surface area (Å²) in [5, 5.41) is 29.9. The number of nitrogens with zero attached hydrogens (tertiary/aromatic N) is 1. The summed E-state index contributed by atoms with van der Waals surface area (Å²) in [7, 11) is 1.51. The number of carbonyl (C=O) groups is 1. The lowest BCUT2D eigenvalue weighted by molar-refractivity contribution is -0.117. The number of phenolic OH excluding ortho intramolecular Hbond substituents is 2. The second-order valence-corrected chi connectivity index (χ2v) is 3.67. The number of methoxy groups -OCH3 is 1. The van der Waals surface area contributed by atoms with Crippen LogP contribution in [0, 0.1) is 11.3 Å². The monoisotopic (exact) mass is 262 g/mol. The van der Waals surface area contributed by atoms with E-state index in [1.165, 1.54) is 31.4 Å². The second-order valence-electron chi connectivity index (χ2n) is 3.67. The molecule has 0 heterocycles. The van der Waals surface area contributed by atoms with Crippen molar-refractivity contribution in [1.82, 2.24) is 5.32 Å². The number of hydrogen-bond donors (Lipinski definition) is 3. The van der Waals surface area contributed by atoms with Crippen LogP contribution in [0.15, 0.2) is 23.8 Å². The molecule has 0 spiro atoms. The van der Waals surface area contributed by atoms with Gasteiger partial charge in [0.15, 0.2) is 11.5 Å². The third kappa shape index (κ3) is 4.33. The van der Waals surface area contributed by atoms with Crippen molar-refractivity contribution in [2.45, 2.75) is 0 Å². The van der Waals surface area contributed by atoms with Crippen LogP contribution in [0.2, 0.25) is 0 Å². The van der Waals surface area contributed by atoms with Crippen LogP contribution in [-0.4, -0.2) is 36.4 Å². The zero-order chi connectivity index (χ0) is 14.3. The summed E-state index contributed by atoms with van der Waals surface area (Å²) >= 11 is 0. The molecule has 0 fully saturated rings. The summed E-state index contributed by atoms with van der Waals surface area (Å²) in [5.74, 6) is -1.10. The van der Waals surface area contributed by atoms with Gasteiger partial charge >= 0.3 is 0 Å². The molecule has 0 saturated heterocycles. The largest absolute Gasteiger partial charge is 0.504 e. The molecule has 0 aliphatic rings. The van der Waals surface area contributed by atoms with E-state index in [0.717, 1.165) is 0 Å². The molecule has 0 aliphatic heterocycles. The third-order valence-electron chi connectivity index (χ3n) is 2.27. The molecule has 3 N–H and O–H groups in total. The van der Waals surface area contributed by atoms with Crippen LogP contribution in [0.5, 0.6) is 11.5 Å². The highest BCUT2D eigenvalue weighted by atomic mass is 16.5. The van der Waals surface area contributed by atoms with Crippen molar-refractivity contribution in [3.8, 4) is 17.6 Å². The lowest BCUT2D eigenvalue weighted by Gasteiger charge is -2.03. The van der Waals surface area contributed by atoms with Gasteiger partial charge in [-0.05, 0) is 23.8 Å². The maximum atomic E-state index is 11.6. The number of phenols is 2. The lowest BCUT2D eigenvalue weighted by atomic mass is 10.1. The van der Waals surface area contributed by atoms with E-state index in [4.69, 9.17) is 15.1 Å². The number of ether oxygens (including phenoxy) is 1. The Labute approximate surface area is 110 Å². The van der Waals surface area contributed by atoms with Gasteiger partial charge in [0.25, 0.3) is 5.91 Å². The van der Waals surface area contributed by atoms with E-state index >= 15 is 0 Å². The first-order valence-electron chi connectivity index (χ1n) is 5.49. The van der Waals surface area contributed by atoms with Crippen molar-refractivity contribution in [3.63, 3.8) is 0 Å². The molecule has 1 aromatic rings. The van der Waals surface area contributed by atoms with E-state index in [9.17, 15) is 9.90 Å². The van der Waals surface area contributed by atoms with Crippen LogP contribution < -0.4 is 5.32 Å².